The van der Waals surface area contributed by atoms with Crippen LogP contribution >= 0.6 is 0 Å². The summed E-state index contributed by atoms with van der Waals surface area (Å²) in [6.07, 6.45) is -1.96. The van der Waals surface area contributed by atoms with Gasteiger partial charge in [-0.25, -0.2) is 0 Å². The standard InChI is InChI=1S/C15H19F3N2O/c1-19-14(21)13-9-11(6-7-20-13)8-10-2-4-12(5-3-10)15(16,17)18/h2-5,11,13,20H,6-9H2,1H3,(H,19,21). The molecule has 2 unspecified atom stereocenters. The number of carbonyl (C=O) groups excluding carboxylic acids is 1. The molecule has 1 saturated heterocycles. The van der Waals surface area contributed by atoms with Crippen LogP contribution in [0.1, 0.15) is 24.0 Å². The molecule has 6 heteroatoms. The molecule has 1 aromatic rings. The third kappa shape index (κ3) is 4.20. The van der Waals surface area contributed by atoms with E-state index in [-0.39, 0.29) is 11.9 Å². The first-order chi connectivity index (χ1) is 9.90. The second-order valence-electron chi connectivity index (χ2n) is 5.41. The summed E-state index contributed by atoms with van der Waals surface area (Å²) < 4.78 is 37.5. The Labute approximate surface area is 121 Å². The molecule has 0 aliphatic carbocycles. The molecule has 1 aliphatic rings. The highest BCUT2D eigenvalue weighted by molar-refractivity contribution is 5.81. The van der Waals surface area contributed by atoms with Gasteiger partial charge in [0.1, 0.15) is 0 Å². The molecule has 21 heavy (non-hydrogen) atoms. The van der Waals surface area contributed by atoms with Gasteiger partial charge in [0, 0.05) is 7.05 Å². The maximum absolute atomic E-state index is 12.5. The molecule has 1 aliphatic heterocycles. The summed E-state index contributed by atoms with van der Waals surface area (Å²) in [5.41, 5.74) is 0.255. The Morgan fingerprint density at radius 2 is 2.00 bits per heavy atom. The largest absolute Gasteiger partial charge is 0.416 e. The number of halogens is 3. The molecule has 116 valence electrons. The van der Waals surface area contributed by atoms with Crippen LogP contribution in [0.25, 0.3) is 0 Å². The van der Waals surface area contributed by atoms with Gasteiger partial charge in [-0.05, 0) is 49.4 Å². The Hall–Kier alpha value is -1.56. The topological polar surface area (TPSA) is 41.1 Å². The first-order valence-electron chi connectivity index (χ1n) is 7.01. The average molecular weight is 300 g/mol. The number of likely N-dealkylation sites (N-methyl/N-ethyl adjacent to an activating group) is 1. The van der Waals surface area contributed by atoms with E-state index in [2.05, 4.69) is 10.6 Å². The van der Waals surface area contributed by atoms with Gasteiger partial charge in [0.15, 0.2) is 0 Å². The summed E-state index contributed by atoms with van der Waals surface area (Å²) in [6, 6.07) is 5.09. The van der Waals surface area contributed by atoms with Crippen molar-refractivity contribution in [1.82, 2.24) is 10.6 Å². The van der Waals surface area contributed by atoms with Crippen molar-refractivity contribution in [3.63, 3.8) is 0 Å². The van der Waals surface area contributed by atoms with Crippen LogP contribution in [0.3, 0.4) is 0 Å². The van der Waals surface area contributed by atoms with Crippen molar-refractivity contribution in [3.05, 3.63) is 35.4 Å². The van der Waals surface area contributed by atoms with E-state index in [4.69, 9.17) is 0 Å². The van der Waals surface area contributed by atoms with Crippen molar-refractivity contribution in [2.24, 2.45) is 5.92 Å². The number of amides is 1. The molecule has 0 aromatic heterocycles. The Balaban J connectivity index is 1.96. The van der Waals surface area contributed by atoms with E-state index in [9.17, 15) is 18.0 Å². The lowest BCUT2D eigenvalue weighted by Crippen LogP contribution is -2.48. The Bertz CT molecular complexity index is 485. The third-order valence-electron chi connectivity index (χ3n) is 3.88. The Morgan fingerprint density at radius 3 is 2.57 bits per heavy atom. The summed E-state index contributed by atoms with van der Waals surface area (Å²) in [7, 11) is 1.60. The second-order valence-corrected chi connectivity index (χ2v) is 5.41. The highest BCUT2D eigenvalue weighted by atomic mass is 19.4. The molecule has 1 fully saturated rings. The van der Waals surface area contributed by atoms with Gasteiger partial charge in [-0.2, -0.15) is 13.2 Å². The quantitative estimate of drug-likeness (QED) is 0.900. The Morgan fingerprint density at radius 1 is 1.33 bits per heavy atom. The zero-order valence-electron chi connectivity index (χ0n) is 11.8. The molecule has 2 rings (SSSR count). The summed E-state index contributed by atoms with van der Waals surface area (Å²) in [4.78, 5) is 11.6. The van der Waals surface area contributed by atoms with Gasteiger partial charge in [0.05, 0.1) is 11.6 Å². The summed E-state index contributed by atoms with van der Waals surface area (Å²) in [5, 5.41) is 5.77. The number of carbonyl (C=O) groups is 1. The molecular formula is C15H19F3N2O. The first kappa shape index (κ1) is 15.8. The van der Waals surface area contributed by atoms with E-state index in [0.29, 0.717) is 18.8 Å². The van der Waals surface area contributed by atoms with Crippen LogP contribution < -0.4 is 10.6 Å². The zero-order chi connectivity index (χ0) is 15.5. The molecule has 0 saturated carbocycles. The summed E-state index contributed by atoms with van der Waals surface area (Å²) >= 11 is 0. The molecule has 0 bridgehead atoms. The van der Waals surface area contributed by atoms with Gasteiger partial charge in [0.2, 0.25) is 5.91 Å². The van der Waals surface area contributed by atoms with Crippen molar-refractivity contribution in [3.8, 4) is 0 Å². The molecule has 1 amide bonds. The number of nitrogens with one attached hydrogen (secondary N) is 2. The second kappa shape index (κ2) is 6.47. The van der Waals surface area contributed by atoms with Gasteiger partial charge in [0.25, 0.3) is 0 Å². The molecule has 0 spiro atoms. The SMILES string of the molecule is CNC(=O)C1CC(Cc2ccc(C(F)(F)F)cc2)CCN1. The molecule has 1 aromatic carbocycles. The van der Waals surface area contributed by atoms with Crippen LogP contribution in [0.4, 0.5) is 13.2 Å². The van der Waals surface area contributed by atoms with Crippen LogP contribution in [-0.2, 0) is 17.4 Å². The normalized spacial score (nSPS) is 22.9. The fourth-order valence-corrected chi connectivity index (χ4v) is 2.72. The molecule has 0 radical (unpaired) electrons. The predicted octanol–water partition coefficient (Wildman–Crippen LogP) is 2.36. The van der Waals surface area contributed by atoms with Crippen molar-refractivity contribution >= 4 is 5.91 Å². The van der Waals surface area contributed by atoms with Gasteiger partial charge in [-0.1, -0.05) is 12.1 Å². The lowest BCUT2D eigenvalue weighted by molar-refractivity contribution is -0.137. The van der Waals surface area contributed by atoms with E-state index >= 15 is 0 Å². The van der Waals surface area contributed by atoms with E-state index in [0.717, 1.165) is 30.7 Å². The molecule has 1 heterocycles. The number of rotatable bonds is 3. The number of piperidine rings is 1. The van der Waals surface area contributed by atoms with Crippen LogP contribution in [0.15, 0.2) is 24.3 Å². The van der Waals surface area contributed by atoms with Crippen LogP contribution in [0, 0.1) is 5.92 Å². The lowest BCUT2D eigenvalue weighted by Gasteiger charge is -2.29. The molecule has 2 N–H and O–H groups in total. The summed E-state index contributed by atoms with van der Waals surface area (Å²) in [6.45, 7) is 0.753. The summed E-state index contributed by atoms with van der Waals surface area (Å²) in [5.74, 6) is 0.275. The van der Waals surface area contributed by atoms with E-state index < -0.39 is 11.7 Å². The average Bonchev–Trinajstić information content (AvgIpc) is 2.46. The highest BCUT2D eigenvalue weighted by Gasteiger charge is 2.30. The van der Waals surface area contributed by atoms with Crippen molar-refractivity contribution in [1.29, 1.82) is 0 Å². The van der Waals surface area contributed by atoms with Crippen LogP contribution in [0.2, 0.25) is 0 Å². The van der Waals surface area contributed by atoms with Gasteiger partial charge in [-0.15, -0.1) is 0 Å². The molecular weight excluding hydrogens is 281 g/mol. The minimum absolute atomic E-state index is 0.0351. The smallest absolute Gasteiger partial charge is 0.358 e. The maximum atomic E-state index is 12.5. The maximum Gasteiger partial charge on any atom is 0.416 e. The lowest BCUT2D eigenvalue weighted by atomic mass is 9.86. The number of hydrogen-bond acceptors (Lipinski definition) is 2. The highest BCUT2D eigenvalue weighted by Crippen LogP contribution is 2.30. The van der Waals surface area contributed by atoms with Crippen molar-refractivity contribution < 1.29 is 18.0 Å². The van der Waals surface area contributed by atoms with Gasteiger partial charge >= 0.3 is 6.18 Å². The number of benzene rings is 1. The zero-order valence-corrected chi connectivity index (χ0v) is 11.8. The minimum atomic E-state index is -4.29. The number of alkyl halides is 3. The van der Waals surface area contributed by atoms with Crippen molar-refractivity contribution in [2.75, 3.05) is 13.6 Å². The minimum Gasteiger partial charge on any atom is -0.358 e. The van der Waals surface area contributed by atoms with Crippen LogP contribution in [-0.4, -0.2) is 25.5 Å². The third-order valence-corrected chi connectivity index (χ3v) is 3.88. The molecule has 3 nitrogen and oxygen atoms in total. The van der Waals surface area contributed by atoms with E-state index in [1.807, 2.05) is 0 Å². The van der Waals surface area contributed by atoms with Crippen molar-refractivity contribution in [2.45, 2.75) is 31.5 Å². The fourth-order valence-electron chi connectivity index (χ4n) is 2.72. The molecule has 2 atom stereocenters. The van der Waals surface area contributed by atoms with Crippen LogP contribution in [0.5, 0.6) is 0 Å². The van der Waals surface area contributed by atoms with Gasteiger partial charge in [-0.3, -0.25) is 4.79 Å². The number of hydrogen-bond donors (Lipinski definition) is 2. The first-order valence-corrected chi connectivity index (χ1v) is 7.01. The monoisotopic (exact) mass is 300 g/mol. The van der Waals surface area contributed by atoms with E-state index in [1.165, 1.54) is 12.1 Å². The fraction of sp³-hybridized carbons (Fsp3) is 0.533. The van der Waals surface area contributed by atoms with Gasteiger partial charge < -0.3 is 10.6 Å². The Kier molecular flexibility index (Phi) is 4.88. The van der Waals surface area contributed by atoms with E-state index in [1.54, 1.807) is 7.05 Å². The predicted molar refractivity (Wildman–Crippen MR) is 73.7 cm³/mol.